The third-order valence-corrected chi connectivity index (χ3v) is 3.35. The Kier molecular flexibility index (Phi) is 1.44. The maximum absolute atomic E-state index is 10.9. The number of carbonyl (C=O) groups is 1. The molecule has 2 nitrogen and oxygen atoms in total. The highest BCUT2D eigenvalue weighted by molar-refractivity contribution is 5.78. The van der Waals surface area contributed by atoms with Gasteiger partial charge in [-0.3, -0.25) is 4.79 Å². The van der Waals surface area contributed by atoms with Crippen molar-refractivity contribution in [3.63, 3.8) is 0 Å². The first-order valence-corrected chi connectivity index (χ1v) is 4.49. The smallest absolute Gasteiger partial charge is 0.309 e. The standard InChI is InChI=1S/C9H14O2/c10-8(11)9(5-6-9)7-3-1-2-4-7/h7H,1-6H2,(H,10,11). The van der Waals surface area contributed by atoms with Gasteiger partial charge in [0.05, 0.1) is 5.41 Å². The molecule has 2 fully saturated rings. The van der Waals surface area contributed by atoms with E-state index in [9.17, 15) is 4.79 Å². The van der Waals surface area contributed by atoms with Crippen molar-refractivity contribution in [2.24, 2.45) is 11.3 Å². The summed E-state index contributed by atoms with van der Waals surface area (Å²) in [5.74, 6) is -0.0237. The van der Waals surface area contributed by atoms with Gasteiger partial charge in [-0.15, -0.1) is 0 Å². The zero-order chi connectivity index (χ0) is 7.90. The highest BCUT2D eigenvalue weighted by Gasteiger charge is 2.55. The van der Waals surface area contributed by atoms with Crippen LogP contribution < -0.4 is 0 Å². The van der Waals surface area contributed by atoms with Crippen molar-refractivity contribution in [3.05, 3.63) is 0 Å². The molecule has 62 valence electrons. The topological polar surface area (TPSA) is 37.3 Å². The molecule has 0 heterocycles. The van der Waals surface area contributed by atoms with Crippen molar-refractivity contribution in [3.8, 4) is 0 Å². The van der Waals surface area contributed by atoms with Gasteiger partial charge >= 0.3 is 5.97 Å². The zero-order valence-electron chi connectivity index (χ0n) is 6.68. The number of carboxylic acids is 1. The molecule has 2 heteroatoms. The first-order chi connectivity index (χ1) is 5.26. The Bertz CT molecular complexity index is 176. The number of hydrogen-bond donors (Lipinski definition) is 1. The van der Waals surface area contributed by atoms with Gasteiger partial charge in [0, 0.05) is 0 Å². The second-order valence-corrected chi connectivity index (χ2v) is 3.94. The summed E-state index contributed by atoms with van der Waals surface area (Å²) in [6.45, 7) is 0. The largest absolute Gasteiger partial charge is 0.481 e. The summed E-state index contributed by atoms with van der Waals surface area (Å²) in [6.07, 6.45) is 6.69. The van der Waals surface area contributed by atoms with E-state index in [0.717, 1.165) is 25.7 Å². The Morgan fingerprint density at radius 2 is 1.82 bits per heavy atom. The number of hydrogen-bond acceptors (Lipinski definition) is 1. The lowest BCUT2D eigenvalue weighted by atomic mass is 9.88. The molecule has 0 atom stereocenters. The molecular formula is C9H14O2. The van der Waals surface area contributed by atoms with Crippen molar-refractivity contribution in [1.29, 1.82) is 0 Å². The van der Waals surface area contributed by atoms with Gasteiger partial charge in [0.2, 0.25) is 0 Å². The average molecular weight is 154 g/mol. The Hall–Kier alpha value is -0.530. The molecule has 11 heavy (non-hydrogen) atoms. The van der Waals surface area contributed by atoms with Crippen LogP contribution in [0.1, 0.15) is 38.5 Å². The predicted octanol–water partition coefficient (Wildman–Crippen LogP) is 2.04. The van der Waals surface area contributed by atoms with Crippen LogP contribution in [-0.4, -0.2) is 11.1 Å². The normalized spacial score (nSPS) is 28.7. The second-order valence-electron chi connectivity index (χ2n) is 3.94. The summed E-state index contributed by atoms with van der Waals surface area (Å²) in [5, 5.41) is 8.96. The number of carboxylic acid groups (broad SMARTS) is 1. The Morgan fingerprint density at radius 1 is 1.27 bits per heavy atom. The summed E-state index contributed by atoms with van der Waals surface area (Å²) < 4.78 is 0. The summed E-state index contributed by atoms with van der Waals surface area (Å²) in [4.78, 5) is 10.9. The molecule has 0 unspecified atom stereocenters. The van der Waals surface area contributed by atoms with Crippen LogP contribution in [0.5, 0.6) is 0 Å². The van der Waals surface area contributed by atoms with E-state index in [2.05, 4.69) is 0 Å². The molecule has 2 aliphatic rings. The highest BCUT2D eigenvalue weighted by Crippen LogP contribution is 2.57. The lowest BCUT2D eigenvalue weighted by molar-refractivity contribution is -0.145. The van der Waals surface area contributed by atoms with Crippen LogP contribution in [0.15, 0.2) is 0 Å². The van der Waals surface area contributed by atoms with Gasteiger partial charge in [-0.1, -0.05) is 12.8 Å². The van der Waals surface area contributed by atoms with Crippen LogP contribution in [0, 0.1) is 11.3 Å². The van der Waals surface area contributed by atoms with Crippen LogP contribution in [0.3, 0.4) is 0 Å². The van der Waals surface area contributed by atoms with E-state index in [1.54, 1.807) is 0 Å². The Balaban J connectivity index is 2.07. The lowest BCUT2D eigenvalue weighted by Crippen LogP contribution is -2.22. The zero-order valence-corrected chi connectivity index (χ0v) is 6.68. The first-order valence-electron chi connectivity index (χ1n) is 4.49. The fraction of sp³-hybridized carbons (Fsp3) is 0.889. The summed E-state index contributed by atoms with van der Waals surface area (Å²) in [6, 6.07) is 0. The van der Waals surface area contributed by atoms with E-state index in [-0.39, 0.29) is 5.41 Å². The quantitative estimate of drug-likeness (QED) is 0.660. The molecule has 1 N–H and O–H groups in total. The second kappa shape index (κ2) is 2.23. The molecule has 0 saturated heterocycles. The van der Waals surface area contributed by atoms with Crippen LogP contribution in [0.4, 0.5) is 0 Å². The van der Waals surface area contributed by atoms with Crippen molar-refractivity contribution < 1.29 is 9.90 Å². The van der Waals surface area contributed by atoms with Crippen LogP contribution in [0.2, 0.25) is 0 Å². The van der Waals surface area contributed by atoms with Crippen LogP contribution in [-0.2, 0) is 4.79 Å². The predicted molar refractivity (Wildman–Crippen MR) is 41.3 cm³/mol. The molecule has 2 rings (SSSR count). The highest BCUT2D eigenvalue weighted by atomic mass is 16.4. The molecule has 2 saturated carbocycles. The number of rotatable bonds is 2. The molecule has 0 spiro atoms. The van der Waals surface area contributed by atoms with E-state index < -0.39 is 5.97 Å². The summed E-state index contributed by atoms with van der Waals surface area (Å²) in [7, 11) is 0. The Labute approximate surface area is 66.6 Å². The van der Waals surface area contributed by atoms with Gasteiger partial charge in [0.1, 0.15) is 0 Å². The van der Waals surface area contributed by atoms with E-state index in [1.165, 1.54) is 12.8 Å². The Morgan fingerprint density at radius 3 is 2.18 bits per heavy atom. The molecule has 0 amide bonds. The molecule has 0 aromatic heterocycles. The maximum Gasteiger partial charge on any atom is 0.309 e. The average Bonchev–Trinajstić information content (AvgIpc) is 2.61. The molecule has 0 aliphatic heterocycles. The van der Waals surface area contributed by atoms with E-state index >= 15 is 0 Å². The molecule has 0 aromatic rings. The maximum atomic E-state index is 10.9. The fourth-order valence-corrected chi connectivity index (χ4v) is 2.41. The number of aliphatic carboxylic acids is 1. The minimum atomic E-state index is -0.538. The van der Waals surface area contributed by atoms with Crippen molar-refractivity contribution in [1.82, 2.24) is 0 Å². The van der Waals surface area contributed by atoms with Crippen molar-refractivity contribution in [2.75, 3.05) is 0 Å². The van der Waals surface area contributed by atoms with Gasteiger partial charge < -0.3 is 5.11 Å². The van der Waals surface area contributed by atoms with Gasteiger partial charge in [-0.25, -0.2) is 0 Å². The monoisotopic (exact) mass is 154 g/mol. The van der Waals surface area contributed by atoms with Crippen molar-refractivity contribution in [2.45, 2.75) is 38.5 Å². The van der Waals surface area contributed by atoms with Gasteiger partial charge in [-0.2, -0.15) is 0 Å². The van der Waals surface area contributed by atoms with E-state index in [0.29, 0.717) is 5.92 Å². The summed E-state index contributed by atoms with van der Waals surface area (Å²) >= 11 is 0. The molecule has 0 radical (unpaired) electrons. The molecule has 2 aliphatic carbocycles. The third kappa shape index (κ3) is 0.959. The van der Waals surface area contributed by atoms with Crippen molar-refractivity contribution >= 4 is 5.97 Å². The minimum absolute atomic E-state index is 0.253. The van der Waals surface area contributed by atoms with Gasteiger partial charge in [-0.05, 0) is 31.6 Å². The SMILES string of the molecule is O=C(O)C1(C2CCCC2)CC1. The van der Waals surface area contributed by atoms with Gasteiger partial charge in [0.15, 0.2) is 0 Å². The molecular weight excluding hydrogens is 140 g/mol. The van der Waals surface area contributed by atoms with Crippen LogP contribution >= 0.6 is 0 Å². The minimum Gasteiger partial charge on any atom is -0.481 e. The molecule has 0 aromatic carbocycles. The lowest BCUT2D eigenvalue weighted by Gasteiger charge is -2.16. The first kappa shape index (κ1) is 7.14. The third-order valence-electron chi connectivity index (χ3n) is 3.35. The fourth-order valence-electron chi connectivity index (χ4n) is 2.41. The van der Waals surface area contributed by atoms with E-state index in [4.69, 9.17) is 5.11 Å². The van der Waals surface area contributed by atoms with Gasteiger partial charge in [0.25, 0.3) is 0 Å². The van der Waals surface area contributed by atoms with Crippen LogP contribution in [0.25, 0.3) is 0 Å². The van der Waals surface area contributed by atoms with E-state index in [1.807, 2.05) is 0 Å². The molecule has 0 bridgehead atoms. The summed E-state index contributed by atoms with van der Waals surface area (Å²) in [5.41, 5.74) is -0.253.